The lowest BCUT2D eigenvalue weighted by molar-refractivity contribution is -0.136. The molecule has 2 fully saturated rings. The Morgan fingerprint density at radius 2 is 1.95 bits per heavy atom. The van der Waals surface area contributed by atoms with Gasteiger partial charge < -0.3 is 9.30 Å². The van der Waals surface area contributed by atoms with Gasteiger partial charge in [0.1, 0.15) is 12.2 Å². The van der Waals surface area contributed by atoms with E-state index in [9.17, 15) is 18.0 Å². The maximum atomic E-state index is 14.3. The van der Waals surface area contributed by atoms with E-state index in [1.165, 1.54) is 16.8 Å². The number of aryl methyl sites for hydroxylation is 1. The van der Waals surface area contributed by atoms with Crippen molar-refractivity contribution in [1.82, 2.24) is 28.6 Å². The molecular formula is C30H35F3N6O2. The lowest BCUT2D eigenvalue weighted by Gasteiger charge is -2.53. The number of benzene rings is 1. The maximum absolute atomic E-state index is 14.3. The van der Waals surface area contributed by atoms with Crippen LogP contribution in [0.15, 0.2) is 53.8 Å². The third-order valence-corrected chi connectivity index (χ3v) is 8.94. The van der Waals surface area contributed by atoms with Crippen molar-refractivity contribution in [3.05, 3.63) is 82.1 Å². The molecule has 1 aliphatic carbocycles. The lowest BCUT2D eigenvalue weighted by Crippen LogP contribution is -2.55. The van der Waals surface area contributed by atoms with Gasteiger partial charge in [0, 0.05) is 39.6 Å². The van der Waals surface area contributed by atoms with Crippen LogP contribution in [0.4, 0.5) is 13.2 Å². The second-order valence-electron chi connectivity index (χ2n) is 12.2. The van der Waals surface area contributed by atoms with Crippen LogP contribution in [0.25, 0.3) is 11.2 Å². The van der Waals surface area contributed by atoms with Crippen LogP contribution in [0.2, 0.25) is 0 Å². The Labute approximate surface area is 236 Å². The van der Waals surface area contributed by atoms with Gasteiger partial charge in [-0.25, -0.2) is 4.79 Å². The van der Waals surface area contributed by atoms with Gasteiger partial charge in [0.05, 0.1) is 27.8 Å². The number of imidazole rings is 1. The molecule has 2 aliphatic rings. The largest absolute Gasteiger partial charge is 0.418 e. The molecule has 41 heavy (non-hydrogen) atoms. The van der Waals surface area contributed by atoms with E-state index in [1.807, 2.05) is 36.7 Å². The Kier molecular flexibility index (Phi) is 6.65. The zero-order valence-corrected chi connectivity index (χ0v) is 23.8. The van der Waals surface area contributed by atoms with Gasteiger partial charge >= 0.3 is 11.9 Å². The minimum absolute atomic E-state index is 0.165. The van der Waals surface area contributed by atoms with Crippen LogP contribution in [-0.4, -0.2) is 54.4 Å². The molecule has 0 unspecified atom stereocenters. The number of halogens is 3. The number of hydrogen-bond donors (Lipinski definition) is 0. The van der Waals surface area contributed by atoms with Crippen molar-refractivity contribution >= 4 is 5.52 Å². The van der Waals surface area contributed by atoms with Gasteiger partial charge in [0.15, 0.2) is 0 Å². The smallest absolute Gasteiger partial charge is 0.378 e. The summed E-state index contributed by atoms with van der Waals surface area (Å²) in [5, 5.41) is 8.48. The van der Waals surface area contributed by atoms with Crippen LogP contribution in [0.1, 0.15) is 62.0 Å². The third kappa shape index (κ3) is 4.78. The summed E-state index contributed by atoms with van der Waals surface area (Å²) in [5.41, 5.74) is -0.512. The van der Waals surface area contributed by atoms with E-state index in [2.05, 4.69) is 22.0 Å². The number of aromatic nitrogens is 5. The number of likely N-dealkylation sites (tertiary alicyclic amines) is 1. The summed E-state index contributed by atoms with van der Waals surface area (Å²) in [4.78, 5) is 15.8. The SMILES string of the molecule is CO[C@]1(C)C[C@](c2cccc(-n3cc4c(C(F)(F)F)cc(CN5CCC[C@H](C)C5)cn4c3=O)c2)(c2nncn2C)C1. The number of fused-ring (bicyclic) bond motifs is 1. The van der Waals surface area contributed by atoms with Gasteiger partial charge in [-0.1, -0.05) is 19.1 Å². The molecule has 1 atom stereocenters. The minimum atomic E-state index is -4.61. The predicted octanol–water partition coefficient (Wildman–Crippen LogP) is 4.95. The minimum Gasteiger partial charge on any atom is -0.378 e. The zero-order chi connectivity index (χ0) is 29.2. The van der Waals surface area contributed by atoms with Crippen LogP contribution in [0.5, 0.6) is 0 Å². The van der Waals surface area contributed by atoms with Crippen molar-refractivity contribution in [2.45, 2.75) is 63.3 Å². The Bertz CT molecular complexity index is 1650. The highest BCUT2D eigenvalue weighted by atomic mass is 19.4. The number of hydrogen-bond acceptors (Lipinski definition) is 5. The van der Waals surface area contributed by atoms with Crippen LogP contribution < -0.4 is 5.69 Å². The fourth-order valence-corrected chi connectivity index (χ4v) is 6.96. The first-order valence-electron chi connectivity index (χ1n) is 14.0. The highest BCUT2D eigenvalue weighted by molar-refractivity contribution is 5.58. The molecular weight excluding hydrogens is 533 g/mol. The quantitative estimate of drug-likeness (QED) is 0.329. The van der Waals surface area contributed by atoms with E-state index < -0.39 is 22.8 Å². The van der Waals surface area contributed by atoms with Gasteiger partial charge in [-0.2, -0.15) is 13.2 Å². The van der Waals surface area contributed by atoms with E-state index in [0.717, 1.165) is 41.7 Å². The van der Waals surface area contributed by atoms with E-state index in [0.29, 0.717) is 36.6 Å². The zero-order valence-electron chi connectivity index (χ0n) is 23.8. The number of piperidine rings is 1. The summed E-state index contributed by atoms with van der Waals surface area (Å²) < 4.78 is 52.9. The Morgan fingerprint density at radius 3 is 2.61 bits per heavy atom. The van der Waals surface area contributed by atoms with Crippen molar-refractivity contribution < 1.29 is 17.9 Å². The average Bonchev–Trinajstić information content (AvgIpc) is 3.49. The topological polar surface area (TPSA) is 69.6 Å². The molecule has 0 amide bonds. The molecule has 11 heteroatoms. The van der Waals surface area contributed by atoms with E-state index in [4.69, 9.17) is 4.74 Å². The van der Waals surface area contributed by atoms with Crippen LogP contribution in [-0.2, 0) is 29.9 Å². The number of alkyl halides is 3. The molecule has 3 aromatic heterocycles. The maximum Gasteiger partial charge on any atom is 0.418 e. The fraction of sp³-hybridized carbons (Fsp3) is 0.500. The number of pyridine rings is 1. The van der Waals surface area contributed by atoms with Gasteiger partial charge in [-0.15, -0.1) is 10.2 Å². The number of nitrogens with zero attached hydrogens (tertiary/aromatic N) is 6. The summed E-state index contributed by atoms with van der Waals surface area (Å²) >= 11 is 0. The van der Waals surface area contributed by atoms with Crippen LogP contribution >= 0.6 is 0 Å². The molecule has 0 radical (unpaired) electrons. The van der Waals surface area contributed by atoms with Crippen molar-refractivity contribution in [3.8, 4) is 5.69 Å². The average molecular weight is 569 g/mol. The van der Waals surface area contributed by atoms with Gasteiger partial charge in [0.25, 0.3) is 0 Å². The summed E-state index contributed by atoms with van der Waals surface area (Å²) in [6.45, 7) is 6.23. The van der Waals surface area contributed by atoms with Crippen molar-refractivity contribution in [3.63, 3.8) is 0 Å². The molecule has 218 valence electrons. The molecule has 1 aromatic carbocycles. The summed E-state index contributed by atoms with van der Waals surface area (Å²) in [6, 6.07) is 8.60. The van der Waals surface area contributed by atoms with Crippen molar-refractivity contribution in [2.24, 2.45) is 13.0 Å². The van der Waals surface area contributed by atoms with Gasteiger partial charge in [-0.05, 0) is 74.4 Å². The highest BCUT2D eigenvalue weighted by Crippen LogP contribution is 2.55. The normalized spacial score (nSPS) is 25.5. The Hall–Kier alpha value is -3.44. The van der Waals surface area contributed by atoms with Gasteiger partial charge in [0.2, 0.25) is 0 Å². The second-order valence-corrected chi connectivity index (χ2v) is 12.2. The highest BCUT2D eigenvalue weighted by Gasteiger charge is 2.56. The Balaban J connectivity index is 1.44. The molecule has 0 N–H and O–H groups in total. The molecule has 0 spiro atoms. The van der Waals surface area contributed by atoms with Crippen LogP contribution in [0, 0.1) is 5.92 Å². The predicted molar refractivity (Wildman–Crippen MR) is 148 cm³/mol. The second kappa shape index (κ2) is 9.84. The standard InChI is InChI=1S/C30H35F3N6O2/c1-20-7-6-10-37(13-20)14-21-11-24(30(31,32)33)25-16-38(27(40)39(25)15-21)23-9-5-8-22(12-23)29(17-28(2,18-29)41-4)26-35-34-19-36(26)3/h5,8-9,11-12,15-16,19-20H,6-7,10,13-14,17-18H2,1-4H3/t20-,28-,29+/m0/s1. The van der Waals surface area contributed by atoms with Crippen molar-refractivity contribution in [2.75, 3.05) is 20.2 Å². The van der Waals surface area contributed by atoms with Gasteiger partial charge in [-0.3, -0.25) is 13.9 Å². The fourth-order valence-electron chi connectivity index (χ4n) is 6.96. The molecule has 0 bridgehead atoms. The van der Waals surface area contributed by atoms with E-state index in [-0.39, 0.29) is 11.1 Å². The summed E-state index contributed by atoms with van der Waals surface area (Å²) in [6.07, 6.45) is 3.33. The first-order chi connectivity index (χ1) is 19.4. The molecule has 8 nitrogen and oxygen atoms in total. The van der Waals surface area contributed by atoms with Crippen LogP contribution in [0.3, 0.4) is 0 Å². The summed E-state index contributed by atoms with van der Waals surface area (Å²) in [5.74, 6) is 1.27. The number of ether oxygens (including phenoxy) is 1. The first kappa shape index (κ1) is 27.7. The van der Waals surface area contributed by atoms with E-state index in [1.54, 1.807) is 25.7 Å². The monoisotopic (exact) mass is 568 g/mol. The molecule has 6 rings (SSSR count). The number of rotatable bonds is 6. The van der Waals surface area contributed by atoms with Crippen molar-refractivity contribution in [1.29, 1.82) is 0 Å². The summed E-state index contributed by atoms with van der Waals surface area (Å²) in [7, 11) is 3.57. The van der Waals surface area contributed by atoms with E-state index >= 15 is 0 Å². The molecule has 4 heterocycles. The Morgan fingerprint density at radius 1 is 1.17 bits per heavy atom. The number of methoxy groups -OCH3 is 1. The molecule has 4 aromatic rings. The lowest BCUT2D eigenvalue weighted by atomic mass is 9.56. The first-order valence-corrected chi connectivity index (χ1v) is 14.0. The molecule has 1 saturated heterocycles. The molecule has 1 aliphatic heterocycles. The molecule has 1 saturated carbocycles. The third-order valence-electron chi connectivity index (χ3n) is 8.94.